The number of carbonyl (C=O) groups is 1. The molecule has 112 valence electrons. The summed E-state index contributed by atoms with van der Waals surface area (Å²) in [5.41, 5.74) is 0.686. The lowest BCUT2D eigenvalue weighted by molar-refractivity contribution is 0.101. The van der Waals surface area contributed by atoms with Crippen LogP contribution in [0.25, 0.3) is 0 Å². The zero-order chi connectivity index (χ0) is 15.7. The van der Waals surface area contributed by atoms with Crippen LogP contribution in [-0.4, -0.2) is 5.78 Å². The molecule has 0 bridgehead atoms. The Morgan fingerprint density at radius 1 is 1.00 bits per heavy atom. The number of rotatable bonds is 2. The fraction of sp³-hybridized carbons (Fsp3) is 0.588. The molecule has 0 aliphatic heterocycles. The number of hydrogen-bond acceptors (Lipinski definition) is 2. The first-order valence-electron chi connectivity index (χ1n) is 7.33. The van der Waals surface area contributed by atoms with Crippen LogP contribution in [0.2, 0.25) is 0 Å². The number of hydrogen-bond donors (Lipinski definition) is 1. The SMILES string of the molecule is CC.CC(=O)c1ccccc1S.CCC.CCCC. The molecule has 0 N–H and O–H groups in total. The minimum Gasteiger partial charge on any atom is -0.294 e. The van der Waals surface area contributed by atoms with Crippen molar-refractivity contribution in [1.82, 2.24) is 0 Å². The molecule has 0 aliphatic carbocycles. The van der Waals surface area contributed by atoms with Gasteiger partial charge in [-0.2, -0.15) is 0 Å². The Morgan fingerprint density at radius 2 is 1.37 bits per heavy atom. The molecule has 0 amide bonds. The van der Waals surface area contributed by atoms with Gasteiger partial charge in [-0.25, -0.2) is 0 Å². The summed E-state index contributed by atoms with van der Waals surface area (Å²) in [6, 6.07) is 7.26. The molecule has 0 saturated carbocycles. The number of thiol groups is 1. The van der Waals surface area contributed by atoms with Gasteiger partial charge < -0.3 is 0 Å². The maximum absolute atomic E-state index is 10.8. The monoisotopic (exact) mass is 284 g/mol. The molecule has 1 aromatic rings. The average Bonchev–Trinajstić information content (AvgIpc) is 2.42. The van der Waals surface area contributed by atoms with Crippen molar-refractivity contribution in [2.45, 2.75) is 72.6 Å². The summed E-state index contributed by atoms with van der Waals surface area (Å²) in [5.74, 6) is 0.0607. The minimum absolute atomic E-state index is 0.0607. The second-order valence-electron chi connectivity index (χ2n) is 3.78. The molecule has 0 unspecified atom stereocenters. The molecule has 0 heterocycles. The third-order valence-electron chi connectivity index (χ3n) is 1.78. The average molecular weight is 285 g/mol. The van der Waals surface area contributed by atoms with Gasteiger partial charge in [-0.3, -0.25) is 4.79 Å². The van der Waals surface area contributed by atoms with Crippen LogP contribution >= 0.6 is 12.6 Å². The van der Waals surface area contributed by atoms with Crippen LogP contribution in [0.4, 0.5) is 0 Å². The third kappa shape index (κ3) is 17.2. The fourth-order valence-electron chi connectivity index (χ4n) is 0.771. The first-order chi connectivity index (χ1) is 9.04. The van der Waals surface area contributed by atoms with E-state index in [9.17, 15) is 4.79 Å². The highest BCUT2D eigenvalue weighted by Gasteiger charge is 2.00. The van der Waals surface area contributed by atoms with E-state index in [4.69, 9.17) is 0 Å². The second kappa shape index (κ2) is 19.6. The molecule has 0 radical (unpaired) electrons. The maximum Gasteiger partial charge on any atom is 0.160 e. The van der Waals surface area contributed by atoms with Crippen molar-refractivity contribution in [3.8, 4) is 0 Å². The van der Waals surface area contributed by atoms with Gasteiger partial charge in [0.05, 0.1) is 0 Å². The number of benzene rings is 1. The van der Waals surface area contributed by atoms with Gasteiger partial charge in [0, 0.05) is 10.5 Å². The molecular weight excluding hydrogens is 252 g/mol. The highest BCUT2D eigenvalue weighted by molar-refractivity contribution is 7.80. The number of Topliss-reactive ketones (excluding diaryl/α,β-unsaturated/α-hetero) is 1. The van der Waals surface area contributed by atoms with Crippen LogP contribution in [0, 0.1) is 0 Å². The van der Waals surface area contributed by atoms with E-state index in [0.717, 1.165) is 4.90 Å². The standard InChI is InChI=1S/C8H8OS.C4H10.C3H8.C2H6/c1-6(9)7-4-2-3-5-8(7)10;1-3-4-2;1-3-2;1-2/h2-5,10H,1H3;3-4H2,1-2H3;3H2,1-2H3;1-2H3. The van der Waals surface area contributed by atoms with Crippen LogP contribution in [0.15, 0.2) is 29.2 Å². The molecule has 2 heteroatoms. The van der Waals surface area contributed by atoms with Crippen LogP contribution in [-0.2, 0) is 0 Å². The summed E-state index contributed by atoms with van der Waals surface area (Å²) in [6.07, 6.45) is 3.89. The van der Waals surface area contributed by atoms with Crippen LogP contribution in [0.3, 0.4) is 0 Å². The van der Waals surface area contributed by atoms with E-state index in [1.165, 1.54) is 26.2 Å². The molecule has 1 nitrogen and oxygen atoms in total. The summed E-state index contributed by atoms with van der Waals surface area (Å²) < 4.78 is 0. The minimum atomic E-state index is 0.0607. The smallest absolute Gasteiger partial charge is 0.160 e. The Bertz CT molecular complexity index is 293. The van der Waals surface area contributed by atoms with Crippen LogP contribution in [0.1, 0.15) is 78.1 Å². The predicted octanol–water partition coefficient (Wildman–Crippen LogP) is 6.43. The zero-order valence-electron chi connectivity index (χ0n) is 13.8. The maximum atomic E-state index is 10.8. The second-order valence-corrected chi connectivity index (χ2v) is 4.26. The fourth-order valence-corrected chi connectivity index (χ4v) is 1.09. The summed E-state index contributed by atoms with van der Waals surface area (Å²) in [4.78, 5) is 11.6. The van der Waals surface area contributed by atoms with Crippen molar-refractivity contribution in [3.05, 3.63) is 29.8 Å². The summed E-state index contributed by atoms with van der Waals surface area (Å²) in [5, 5.41) is 0. The first-order valence-corrected chi connectivity index (χ1v) is 7.78. The van der Waals surface area contributed by atoms with Gasteiger partial charge in [0.25, 0.3) is 0 Å². The highest BCUT2D eigenvalue weighted by Crippen LogP contribution is 2.12. The summed E-state index contributed by atoms with van der Waals surface area (Å²) in [6.45, 7) is 14.1. The predicted molar refractivity (Wildman–Crippen MR) is 91.6 cm³/mol. The lowest BCUT2D eigenvalue weighted by Gasteiger charge is -1.96. The molecule has 0 spiro atoms. The number of unbranched alkanes of at least 4 members (excludes halogenated alkanes) is 1. The van der Waals surface area contributed by atoms with E-state index in [0.29, 0.717) is 5.56 Å². The number of ketones is 1. The zero-order valence-corrected chi connectivity index (χ0v) is 14.7. The Labute approximate surface area is 126 Å². The Morgan fingerprint density at radius 3 is 1.58 bits per heavy atom. The van der Waals surface area contributed by atoms with Gasteiger partial charge in [0.15, 0.2) is 5.78 Å². The van der Waals surface area contributed by atoms with Crippen molar-refractivity contribution in [3.63, 3.8) is 0 Å². The molecule has 0 atom stereocenters. The Hall–Kier alpha value is -0.760. The molecule has 0 fully saturated rings. The highest BCUT2D eigenvalue weighted by atomic mass is 32.1. The van der Waals surface area contributed by atoms with E-state index < -0.39 is 0 Å². The first kappa shape index (κ1) is 23.3. The van der Waals surface area contributed by atoms with Crippen molar-refractivity contribution in [2.75, 3.05) is 0 Å². The molecule has 0 aliphatic rings. The third-order valence-corrected chi connectivity index (χ3v) is 2.17. The van der Waals surface area contributed by atoms with Crippen LogP contribution < -0.4 is 0 Å². The Kier molecular flexibility index (Phi) is 24.1. The molecule has 1 aromatic carbocycles. The summed E-state index contributed by atoms with van der Waals surface area (Å²) in [7, 11) is 0. The van der Waals surface area contributed by atoms with E-state index in [2.05, 4.69) is 40.3 Å². The van der Waals surface area contributed by atoms with Gasteiger partial charge in [-0.1, -0.05) is 79.0 Å². The lowest BCUT2D eigenvalue weighted by atomic mass is 10.1. The van der Waals surface area contributed by atoms with Crippen molar-refractivity contribution >= 4 is 18.4 Å². The van der Waals surface area contributed by atoms with Gasteiger partial charge >= 0.3 is 0 Å². The number of carbonyl (C=O) groups excluding carboxylic acids is 1. The van der Waals surface area contributed by atoms with Gasteiger partial charge in [0.1, 0.15) is 0 Å². The normalized spacial score (nSPS) is 7.79. The molecule has 0 saturated heterocycles. The van der Waals surface area contributed by atoms with E-state index in [-0.39, 0.29) is 5.78 Å². The van der Waals surface area contributed by atoms with Crippen LogP contribution in [0.5, 0.6) is 0 Å². The lowest BCUT2D eigenvalue weighted by Crippen LogP contribution is -1.91. The van der Waals surface area contributed by atoms with Gasteiger partial charge in [-0.05, 0) is 13.0 Å². The van der Waals surface area contributed by atoms with Gasteiger partial charge in [-0.15, -0.1) is 12.6 Å². The quantitative estimate of drug-likeness (QED) is 0.489. The van der Waals surface area contributed by atoms with E-state index in [1.54, 1.807) is 12.1 Å². The van der Waals surface area contributed by atoms with Crippen molar-refractivity contribution in [2.24, 2.45) is 0 Å². The summed E-state index contributed by atoms with van der Waals surface area (Å²) >= 11 is 4.12. The largest absolute Gasteiger partial charge is 0.294 e. The van der Waals surface area contributed by atoms with Crippen molar-refractivity contribution < 1.29 is 4.79 Å². The molecule has 0 aromatic heterocycles. The van der Waals surface area contributed by atoms with Gasteiger partial charge in [0.2, 0.25) is 0 Å². The Balaban J connectivity index is -0.000000239. The molecule has 19 heavy (non-hydrogen) atoms. The van der Waals surface area contributed by atoms with E-state index >= 15 is 0 Å². The topological polar surface area (TPSA) is 17.1 Å². The molecular formula is C17H32OS. The molecule has 1 rings (SSSR count). The van der Waals surface area contributed by atoms with E-state index in [1.807, 2.05) is 26.0 Å². The van der Waals surface area contributed by atoms with Crippen molar-refractivity contribution in [1.29, 1.82) is 0 Å².